The van der Waals surface area contributed by atoms with Crippen LogP contribution in [0.1, 0.15) is 12.5 Å². The Hall–Kier alpha value is -1.97. The van der Waals surface area contributed by atoms with E-state index in [2.05, 4.69) is 0 Å². The van der Waals surface area contributed by atoms with Crippen molar-refractivity contribution in [3.63, 3.8) is 0 Å². The molecule has 0 radical (unpaired) electrons. The van der Waals surface area contributed by atoms with Gasteiger partial charge in [0.1, 0.15) is 11.3 Å². The molecule has 0 aliphatic carbocycles. The van der Waals surface area contributed by atoms with Gasteiger partial charge in [-0.05, 0) is 19.1 Å². The number of aromatic hydroxyl groups is 1. The Kier molecular flexibility index (Phi) is 2.81. The summed E-state index contributed by atoms with van der Waals surface area (Å²) in [4.78, 5) is 11.3. The number of fused-ring (bicyclic) bond motifs is 1. The van der Waals surface area contributed by atoms with Crippen LogP contribution >= 0.6 is 0 Å². The van der Waals surface area contributed by atoms with Crippen molar-refractivity contribution in [2.45, 2.75) is 13.3 Å². The predicted molar refractivity (Wildman–Crippen MR) is 58.2 cm³/mol. The van der Waals surface area contributed by atoms with E-state index in [1.807, 2.05) is 0 Å². The van der Waals surface area contributed by atoms with Crippen LogP contribution in [0.25, 0.3) is 11.0 Å². The van der Waals surface area contributed by atoms with Gasteiger partial charge in [-0.1, -0.05) is 0 Å². The number of carbonyl (C=O) groups is 1. The molecule has 0 atom stereocenters. The fourth-order valence-corrected chi connectivity index (χ4v) is 1.58. The van der Waals surface area contributed by atoms with E-state index in [9.17, 15) is 9.90 Å². The van der Waals surface area contributed by atoms with Crippen molar-refractivity contribution in [2.24, 2.45) is 0 Å². The smallest absolute Gasteiger partial charge is 0.310 e. The Bertz CT molecular complexity index is 513. The van der Waals surface area contributed by atoms with Gasteiger partial charge >= 0.3 is 5.97 Å². The van der Waals surface area contributed by atoms with Crippen LogP contribution in [0.5, 0.6) is 5.75 Å². The molecule has 0 saturated heterocycles. The van der Waals surface area contributed by atoms with Gasteiger partial charge in [0, 0.05) is 17.0 Å². The fraction of sp³-hybridized carbons (Fsp3) is 0.250. The van der Waals surface area contributed by atoms with E-state index in [-0.39, 0.29) is 18.1 Å². The number of furan rings is 1. The van der Waals surface area contributed by atoms with Crippen molar-refractivity contribution in [1.29, 1.82) is 0 Å². The van der Waals surface area contributed by atoms with E-state index in [1.165, 1.54) is 12.3 Å². The van der Waals surface area contributed by atoms with Crippen LogP contribution in [0.3, 0.4) is 0 Å². The van der Waals surface area contributed by atoms with Crippen molar-refractivity contribution in [3.05, 3.63) is 30.0 Å². The topological polar surface area (TPSA) is 59.7 Å². The van der Waals surface area contributed by atoms with Gasteiger partial charge in [0.05, 0.1) is 19.3 Å². The quantitative estimate of drug-likeness (QED) is 0.806. The highest BCUT2D eigenvalue weighted by Gasteiger charge is 2.11. The van der Waals surface area contributed by atoms with Crippen LogP contribution in [0.15, 0.2) is 28.9 Å². The minimum absolute atomic E-state index is 0.143. The fourth-order valence-electron chi connectivity index (χ4n) is 1.58. The van der Waals surface area contributed by atoms with Crippen LogP contribution in [0, 0.1) is 0 Å². The van der Waals surface area contributed by atoms with Crippen molar-refractivity contribution < 1.29 is 19.1 Å². The predicted octanol–water partition coefficient (Wildman–Crippen LogP) is 2.24. The molecule has 0 amide bonds. The van der Waals surface area contributed by atoms with E-state index < -0.39 is 0 Å². The van der Waals surface area contributed by atoms with Gasteiger partial charge in [-0.3, -0.25) is 4.79 Å². The van der Waals surface area contributed by atoms with E-state index in [1.54, 1.807) is 19.1 Å². The van der Waals surface area contributed by atoms with Crippen LogP contribution in [0.2, 0.25) is 0 Å². The SMILES string of the molecule is CCOC(=O)Cc1coc2cc(O)ccc12. The highest BCUT2D eigenvalue weighted by molar-refractivity contribution is 5.86. The van der Waals surface area contributed by atoms with E-state index >= 15 is 0 Å². The molecule has 4 nitrogen and oxygen atoms in total. The number of esters is 1. The molecule has 0 unspecified atom stereocenters. The molecule has 16 heavy (non-hydrogen) atoms. The summed E-state index contributed by atoms with van der Waals surface area (Å²) >= 11 is 0. The number of ether oxygens (including phenoxy) is 1. The zero-order chi connectivity index (χ0) is 11.5. The van der Waals surface area contributed by atoms with Crippen LogP contribution in [0.4, 0.5) is 0 Å². The molecule has 1 aromatic carbocycles. The highest BCUT2D eigenvalue weighted by atomic mass is 16.5. The number of benzene rings is 1. The van der Waals surface area contributed by atoms with Crippen molar-refractivity contribution in [1.82, 2.24) is 0 Å². The molecule has 0 bridgehead atoms. The average molecular weight is 220 g/mol. The van der Waals surface area contributed by atoms with Crippen LogP contribution in [-0.2, 0) is 16.0 Å². The third-order valence-electron chi connectivity index (χ3n) is 2.28. The molecule has 1 heterocycles. The summed E-state index contributed by atoms with van der Waals surface area (Å²) in [6.45, 7) is 2.14. The first kappa shape index (κ1) is 10.5. The van der Waals surface area contributed by atoms with E-state index in [0.29, 0.717) is 12.2 Å². The van der Waals surface area contributed by atoms with Gasteiger partial charge < -0.3 is 14.3 Å². The summed E-state index contributed by atoms with van der Waals surface area (Å²) in [6, 6.07) is 4.80. The molecule has 2 rings (SSSR count). The van der Waals surface area contributed by atoms with Gasteiger partial charge in [-0.2, -0.15) is 0 Å². The van der Waals surface area contributed by atoms with Gasteiger partial charge in [0.2, 0.25) is 0 Å². The molecule has 1 N–H and O–H groups in total. The maximum atomic E-state index is 11.3. The monoisotopic (exact) mass is 220 g/mol. The first-order valence-corrected chi connectivity index (χ1v) is 5.05. The van der Waals surface area contributed by atoms with E-state index in [4.69, 9.17) is 9.15 Å². The molecule has 0 spiro atoms. The molecule has 1 aromatic heterocycles. The highest BCUT2D eigenvalue weighted by Crippen LogP contribution is 2.25. The molecule has 0 aliphatic heterocycles. The molecule has 0 fully saturated rings. The van der Waals surface area contributed by atoms with Gasteiger partial charge in [-0.25, -0.2) is 0 Å². The van der Waals surface area contributed by atoms with Gasteiger partial charge in [0.25, 0.3) is 0 Å². The summed E-state index contributed by atoms with van der Waals surface area (Å²) in [5.74, 6) is -0.136. The average Bonchev–Trinajstić information content (AvgIpc) is 2.61. The molecular weight excluding hydrogens is 208 g/mol. The lowest BCUT2D eigenvalue weighted by Crippen LogP contribution is -2.06. The van der Waals surface area contributed by atoms with Crippen LogP contribution < -0.4 is 0 Å². The van der Waals surface area contributed by atoms with E-state index in [0.717, 1.165) is 10.9 Å². The minimum atomic E-state index is -0.279. The van der Waals surface area contributed by atoms with Gasteiger partial charge in [0.15, 0.2) is 0 Å². The third-order valence-corrected chi connectivity index (χ3v) is 2.28. The Labute approximate surface area is 92.4 Å². The zero-order valence-electron chi connectivity index (χ0n) is 8.90. The number of hydrogen-bond acceptors (Lipinski definition) is 4. The number of carbonyl (C=O) groups excluding carboxylic acids is 1. The first-order valence-electron chi connectivity index (χ1n) is 5.05. The minimum Gasteiger partial charge on any atom is -0.508 e. The second kappa shape index (κ2) is 4.26. The van der Waals surface area contributed by atoms with Gasteiger partial charge in [-0.15, -0.1) is 0 Å². The van der Waals surface area contributed by atoms with Crippen molar-refractivity contribution >= 4 is 16.9 Å². The second-order valence-corrected chi connectivity index (χ2v) is 3.42. The summed E-state index contributed by atoms with van der Waals surface area (Å²) in [5.41, 5.74) is 1.34. The summed E-state index contributed by atoms with van der Waals surface area (Å²) < 4.78 is 10.1. The third kappa shape index (κ3) is 2.00. The zero-order valence-corrected chi connectivity index (χ0v) is 8.90. The lowest BCUT2D eigenvalue weighted by molar-refractivity contribution is -0.142. The van der Waals surface area contributed by atoms with Crippen molar-refractivity contribution in [3.8, 4) is 5.75 Å². The number of phenolic OH excluding ortho intramolecular Hbond substituents is 1. The summed E-state index contributed by atoms with van der Waals surface area (Å²) in [6.07, 6.45) is 1.70. The standard InChI is InChI=1S/C12H12O4/c1-2-15-12(14)5-8-7-16-11-6-9(13)3-4-10(8)11/h3-4,6-7,13H,2,5H2,1H3. The number of rotatable bonds is 3. The molecule has 2 aromatic rings. The largest absolute Gasteiger partial charge is 0.508 e. The Morgan fingerprint density at radius 1 is 1.50 bits per heavy atom. The van der Waals surface area contributed by atoms with Crippen LogP contribution in [-0.4, -0.2) is 17.7 Å². The number of hydrogen-bond donors (Lipinski definition) is 1. The second-order valence-electron chi connectivity index (χ2n) is 3.42. The first-order chi connectivity index (χ1) is 7.70. The lowest BCUT2D eigenvalue weighted by atomic mass is 10.1. The summed E-state index contributed by atoms with van der Waals surface area (Å²) in [5, 5.41) is 10.1. The Morgan fingerprint density at radius 3 is 3.06 bits per heavy atom. The van der Waals surface area contributed by atoms with Crippen molar-refractivity contribution in [2.75, 3.05) is 6.61 Å². The maximum absolute atomic E-state index is 11.3. The summed E-state index contributed by atoms with van der Waals surface area (Å²) in [7, 11) is 0. The molecule has 4 heteroatoms. The molecule has 0 saturated carbocycles. The maximum Gasteiger partial charge on any atom is 0.310 e. The normalized spacial score (nSPS) is 10.6. The molecule has 84 valence electrons. The lowest BCUT2D eigenvalue weighted by Gasteiger charge is -1.99. The Morgan fingerprint density at radius 2 is 2.31 bits per heavy atom. The molecular formula is C12H12O4. The molecule has 0 aliphatic rings. The number of phenols is 1. The Balaban J connectivity index is 2.28.